The van der Waals surface area contributed by atoms with Crippen molar-refractivity contribution in [2.45, 2.75) is 31.8 Å². The van der Waals surface area contributed by atoms with E-state index < -0.39 is 21.4 Å². The van der Waals surface area contributed by atoms with Gasteiger partial charge in [0.1, 0.15) is 35.1 Å². The fraction of sp³-hybridized carbons (Fsp3) is 0.429. The van der Waals surface area contributed by atoms with Crippen LogP contribution in [0.1, 0.15) is 31.6 Å². The Bertz CT molecular complexity index is 1220. The Labute approximate surface area is 208 Å². The van der Waals surface area contributed by atoms with Crippen LogP contribution in [-0.2, 0) is 26.1 Å². The number of sulfonamides is 1. The van der Waals surface area contributed by atoms with Crippen molar-refractivity contribution in [1.82, 2.24) is 24.7 Å². The Balaban J connectivity index is 2.06. The normalized spacial score (nSPS) is 13.3. The fourth-order valence-corrected chi connectivity index (χ4v) is 4.54. The molecule has 35 heavy (non-hydrogen) atoms. The lowest BCUT2D eigenvalue weighted by Gasteiger charge is -2.22. The van der Waals surface area contributed by atoms with Gasteiger partial charge >= 0.3 is 0 Å². The van der Waals surface area contributed by atoms with Crippen LogP contribution in [0.25, 0.3) is 5.69 Å². The number of hydrogen-bond donors (Lipinski definition) is 1. The highest BCUT2D eigenvalue weighted by Gasteiger charge is 2.35. The zero-order valence-electron chi connectivity index (χ0n) is 19.9. The molecule has 0 spiro atoms. The van der Waals surface area contributed by atoms with Crippen LogP contribution in [0.5, 0.6) is 11.5 Å². The number of halogens is 1. The number of methoxy groups -OCH3 is 3. The van der Waals surface area contributed by atoms with Crippen molar-refractivity contribution in [3.8, 4) is 17.2 Å². The molecule has 0 saturated heterocycles. The Morgan fingerprint density at radius 1 is 1.09 bits per heavy atom. The van der Waals surface area contributed by atoms with Crippen molar-refractivity contribution in [2.24, 2.45) is 0 Å². The molecule has 2 heterocycles. The number of anilines is 1. The molecule has 3 aromatic rings. The van der Waals surface area contributed by atoms with Gasteiger partial charge in [0.25, 0.3) is 0 Å². The van der Waals surface area contributed by atoms with E-state index >= 15 is 0 Å². The Morgan fingerprint density at radius 3 is 2.26 bits per heavy atom. The first-order chi connectivity index (χ1) is 16.8. The molecule has 0 saturated carbocycles. The molecule has 0 aliphatic carbocycles. The largest absolute Gasteiger partial charge is 0.494 e. The summed E-state index contributed by atoms with van der Waals surface area (Å²) >= 11 is 5.85. The summed E-state index contributed by atoms with van der Waals surface area (Å²) in [6.45, 7) is 3.80. The molecule has 0 amide bonds. The smallest absolute Gasteiger partial charge is 0.243 e. The van der Waals surface area contributed by atoms with Crippen molar-refractivity contribution in [2.75, 3.05) is 32.7 Å². The molecule has 3 rings (SSSR count). The van der Waals surface area contributed by atoms with Crippen LogP contribution in [0, 0.1) is 0 Å². The molecule has 0 aliphatic rings. The number of para-hydroxylation sites is 1. The third-order valence-electron chi connectivity index (χ3n) is 5.09. The van der Waals surface area contributed by atoms with Crippen molar-refractivity contribution >= 4 is 27.6 Å². The van der Waals surface area contributed by atoms with Gasteiger partial charge in [-0.15, -0.1) is 10.2 Å². The molecule has 2 aromatic heterocycles. The van der Waals surface area contributed by atoms with Crippen molar-refractivity contribution in [3.05, 3.63) is 47.3 Å². The summed E-state index contributed by atoms with van der Waals surface area (Å²) in [6, 6.07) is 5.17. The van der Waals surface area contributed by atoms with Gasteiger partial charge in [0.05, 0.1) is 19.2 Å². The van der Waals surface area contributed by atoms with Crippen molar-refractivity contribution in [3.63, 3.8) is 0 Å². The predicted octanol–water partition coefficient (Wildman–Crippen LogP) is 2.78. The number of rotatable bonds is 12. The minimum Gasteiger partial charge on any atom is -0.494 e. The average Bonchev–Trinajstić information content (AvgIpc) is 3.24. The van der Waals surface area contributed by atoms with Gasteiger partial charge in [-0.2, -0.15) is 0 Å². The Kier molecular flexibility index (Phi) is 8.83. The standard InChI is InChI=1S/C21H27ClN6O6S/c1-6-34-12-17-25-26-21(28(17)18-15(31-3)8-7-9-16(18)32-4)27-35(29,30)13(2)19(33-5)20-23-10-14(22)11-24-20/h7-11,13,19H,6,12H2,1-5H3,(H,26,27)/t13-,19+/m0/s1. The summed E-state index contributed by atoms with van der Waals surface area (Å²) < 4.78 is 52.8. The third-order valence-corrected chi connectivity index (χ3v) is 6.98. The van der Waals surface area contributed by atoms with E-state index in [2.05, 4.69) is 24.9 Å². The highest BCUT2D eigenvalue weighted by molar-refractivity contribution is 7.93. The van der Waals surface area contributed by atoms with E-state index in [1.165, 1.54) is 45.2 Å². The number of aromatic nitrogens is 5. The molecule has 0 aliphatic heterocycles. The van der Waals surface area contributed by atoms with Gasteiger partial charge in [0, 0.05) is 26.1 Å². The Morgan fingerprint density at radius 2 is 1.71 bits per heavy atom. The van der Waals surface area contributed by atoms with Gasteiger partial charge in [-0.25, -0.2) is 18.4 Å². The average molecular weight is 527 g/mol. The van der Waals surface area contributed by atoms with Gasteiger partial charge in [-0.1, -0.05) is 17.7 Å². The zero-order chi connectivity index (χ0) is 25.6. The molecular formula is C21H27ClN6O6S. The van der Waals surface area contributed by atoms with Crippen LogP contribution < -0.4 is 14.2 Å². The van der Waals surface area contributed by atoms with Gasteiger partial charge in [0.2, 0.25) is 16.0 Å². The van der Waals surface area contributed by atoms with Crippen LogP contribution in [0.2, 0.25) is 5.02 Å². The minimum absolute atomic E-state index is 0.0707. The predicted molar refractivity (Wildman–Crippen MR) is 129 cm³/mol. The van der Waals surface area contributed by atoms with Crippen molar-refractivity contribution in [1.29, 1.82) is 0 Å². The monoisotopic (exact) mass is 526 g/mol. The molecule has 0 unspecified atom stereocenters. The summed E-state index contributed by atoms with van der Waals surface area (Å²) in [6.07, 6.45) is 1.76. The number of ether oxygens (including phenoxy) is 4. The number of nitrogens with one attached hydrogen (secondary N) is 1. The molecule has 190 valence electrons. The lowest BCUT2D eigenvalue weighted by atomic mass is 10.2. The van der Waals surface area contributed by atoms with E-state index in [1.54, 1.807) is 18.2 Å². The second kappa shape index (κ2) is 11.6. The first-order valence-electron chi connectivity index (χ1n) is 10.5. The van der Waals surface area contributed by atoms with Crippen molar-refractivity contribution < 1.29 is 27.4 Å². The molecule has 0 radical (unpaired) electrons. The van der Waals surface area contributed by atoms with Crippen LogP contribution >= 0.6 is 11.6 Å². The highest BCUT2D eigenvalue weighted by atomic mass is 35.5. The first kappa shape index (κ1) is 26.6. The second-order valence-electron chi connectivity index (χ2n) is 7.19. The topological polar surface area (TPSA) is 140 Å². The number of hydrogen-bond acceptors (Lipinski definition) is 10. The maximum absolute atomic E-state index is 13.4. The third kappa shape index (κ3) is 5.81. The Hall–Kier alpha value is -3.00. The number of benzene rings is 1. The zero-order valence-corrected chi connectivity index (χ0v) is 21.5. The van der Waals surface area contributed by atoms with Crippen LogP contribution in [0.4, 0.5) is 5.95 Å². The summed E-state index contributed by atoms with van der Waals surface area (Å²) in [5.41, 5.74) is 0.409. The molecule has 12 nitrogen and oxygen atoms in total. The van der Waals surface area contributed by atoms with E-state index in [0.717, 1.165) is 0 Å². The van der Waals surface area contributed by atoms with E-state index in [4.69, 9.17) is 30.5 Å². The molecule has 0 fully saturated rings. The maximum Gasteiger partial charge on any atom is 0.243 e. The van der Waals surface area contributed by atoms with Gasteiger partial charge in [0.15, 0.2) is 11.6 Å². The molecule has 14 heteroatoms. The highest BCUT2D eigenvalue weighted by Crippen LogP contribution is 2.36. The van der Waals surface area contributed by atoms with Gasteiger partial charge in [-0.05, 0) is 26.0 Å². The number of nitrogens with zero attached hydrogens (tertiary/aromatic N) is 5. The summed E-state index contributed by atoms with van der Waals surface area (Å²) in [7, 11) is 0.263. The summed E-state index contributed by atoms with van der Waals surface area (Å²) in [4.78, 5) is 8.19. The van der Waals surface area contributed by atoms with E-state index in [1.807, 2.05) is 6.92 Å². The fourth-order valence-electron chi connectivity index (χ4n) is 3.32. The van der Waals surface area contributed by atoms with Crippen LogP contribution in [-0.4, -0.2) is 66.3 Å². The van der Waals surface area contributed by atoms with E-state index in [0.29, 0.717) is 34.6 Å². The minimum atomic E-state index is -4.09. The second-order valence-corrected chi connectivity index (χ2v) is 9.67. The summed E-state index contributed by atoms with van der Waals surface area (Å²) in [5, 5.41) is 7.41. The molecule has 1 N–H and O–H groups in total. The van der Waals surface area contributed by atoms with E-state index in [-0.39, 0.29) is 18.4 Å². The molecule has 1 aromatic carbocycles. The van der Waals surface area contributed by atoms with Gasteiger partial charge < -0.3 is 18.9 Å². The van der Waals surface area contributed by atoms with E-state index in [9.17, 15) is 8.42 Å². The van der Waals surface area contributed by atoms with Crippen LogP contribution in [0.15, 0.2) is 30.6 Å². The van der Waals surface area contributed by atoms with Gasteiger partial charge in [-0.3, -0.25) is 9.29 Å². The quantitative estimate of drug-likeness (QED) is 0.374. The first-order valence-corrected chi connectivity index (χ1v) is 12.4. The van der Waals surface area contributed by atoms with Crippen LogP contribution in [0.3, 0.4) is 0 Å². The SMILES string of the molecule is CCOCc1nnc(NS(=O)(=O)[C@@H](C)[C@@H](OC)c2ncc(Cl)cn2)n1-c1c(OC)cccc1OC. The molecule has 2 atom stereocenters. The molecule has 0 bridgehead atoms. The lowest BCUT2D eigenvalue weighted by molar-refractivity contribution is 0.0950. The maximum atomic E-state index is 13.4. The lowest BCUT2D eigenvalue weighted by Crippen LogP contribution is -2.33. The molecular weight excluding hydrogens is 500 g/mol. The summed E-state index contributed by atoms with van der Waals surface area (Å²) in [5.74, 6) is 1.25.